The lowest BCUT2D eigenvalue weighted by molar-refractivity contribution is 0.0468. The minimum absolute atomic E-state index is 0.00342. The Balaban J connectivity index is 1.83. The van der Waals surface area contributed by atoms with Crippen LogP contribution in [0.3, 0.4) is 0 Å². The number of carboxylic acids is 1. The Morgan fingerprint density at radius 3 is 2.69 bits per heavy atom. The van der Waals surface area contributed by atoms with Crippen LogP contribution in [0.1, 0.15) is 59.2 Å². The van der Waals surface area contributed by atoms with E-state index in [0.29, 0.717) is 11.5 Å². The Kier molecular flexibility index (Phi) is 4.58. The first-order valence-electron chi connectivity index (χ1n) is 9.67. The summed E-state index contributed by atoms with van der Waals surface area (Å²) in [5.74, 6) is -0.409. The molecule has 0 heterocycles. The lowest BCUT2D eigenvalue weighted by Crippen LogP contribution is -2.43. The summed E-state index contributed by atoms with van der Waals surface area (Å²) in [6.07, 6.45) is 6.49. The molecule has 0 radical (unpaired) electrons. The standard InChI is InChI=1S/C23H26O3/c24-20-11-12-23(15-16-5-2-1-3-6-16)19(14-20)8-4-7-17-13-18(22(25)26)9-10-21(17)23/h1-3,5-6,9-10,13,19-20,24H,4,7-8,11-12,14-15H2,(H,25,26)/t19-,20+,23-/m0/s1. The maximum absolute atomic E-state index is 11.4. The van der Waals surface area contributed by atoms with Crippen LogP contribution < -0.4 is 0 Å². The number of aryl methyl sites for hydroxylation is 1. The van der Waals surface area contributed by atoms with E-state index in [0.717, 1.165) is 44.9 Å². The van der Waals surface area contributed by atoms with Gasteiger partial charge in [-0.15, -0.1) is 0 Å². The van der Waals surface area contributed by atoms with E-state index < -0.39 is 5.97 Å². The average Bonchev–Trinajstić information content (AvgIpc) is 2.79. The zero-order valence-electron chi connectivity index (χ0n) is 15.0. The topological polar surface area (TPSA) is 57.5 Å². The van der Waals surface area contributed by atoms with E-state index >= 15 is 0 Å². The molecule has 0 amide bonds. The largest absolute Gasteiger partial charge is 0.478 e. The number of carboxylic acid groups (broad SMARTS) is 1. The van der Waals surface area contributed by atoms with Crippen molar-refractivity contribution in [2.24, 2.45) is 5.92 Å². The van der Waals surface area contributed by atoms with Crippen LogP contribution in [0.25, 0.3) is 0 Å². The van der Waals surface area contributed by atoms with Crippen LogP contribution in [0.2, 0.25) is 0 Å². The molecule has 3 nitrogen and oxygen atoms in total. The van der Waals surface area contributed by atoms with Gasteiger partial charge in [0.2, 0.25) is 0 Å². The number of aliphatic hydroxyl groups excluding tert-OH is 1. The Labute approximate surface area is 154 Å². The van der Waals surface area contributed by atoms with Crippen molar-refractivity contribution in [2.45, 2.75) is 56.5 Å². The number of carbonyl (C=O) groups is 1. The molecule has 3 atom stereocenters. The normalized spacial score (nSPS) is 27.9. The molecule has 0 aliphatic heterocycles. The summed E-state index contributed by atoms with van der Waals surface area (Å²) in [4.78, 5) is 11.4. The molecule has 0 unspecified atom stereocenters. The highest BCUT2D eigenvalue weighted by atomic mass is 16.4. The number of benzene rings is 2. The molecule has 1 fully saturated rings. The first-order valence-corrected chi connectivity index (χ1v) is 9.67. The number of fused-ring (bicyclic) bond motifs is 3. The van der Waals surface area contributed by atoms with Gasteiger partial charge in [0.05, 0.1) is 11.7 Å². The van der Waals surface area contributed by atoms with Gasteiger partial charge < -0.3 is 10.2 Å². The number of aromatic carboxylic acids is 1. The first-order chi connectivity index (χ1) is 12.6. The molecule has 26 heavy (non-hydrogen) atoms. The van der Waals surface area contributed by atoms with E-state index in [1.807, 2.05) is 12.1 Å². The maximum atomic E-state index is 11.4. The van der Waals surface area contributed by atoms with Gasteiger partial charge in [0.25, 0.3) is 0 Å². The number of rotatable bonds is 3. The Bertz CT molecular complexity index is 798. The van der Waals surface area contributed by atoms with Crippen LogP contribution in [0.5, 0.6) is 0 Å². The van der Waals surface area contributed by atoms with Gasteiger partial charge in [-0.1, -0.05) is 36.4 Å². The molecule has 0 bridgehead atoms. The van der Waals surface area contributed by atoms with Crippen molar-refractivity contribution >= 4 is 5.97 Å². The van der Waals surface area contributed by atoms with Gasteiger partial charge in [0.15, 0.2) is 0 Å². The Morgan fingerprint density at radius 1 is 1.12 bits per heavy atom. The van der Waals surface area contributed by atoms with Crippen molar-refractivity contribution in [3.05, 3.63) is 70.8 Å². The van der Waals surface area contributed by atoms with E-state index in [4.69, 9.17) is 0 Å². The van der Waals surface area contributed by atoms with Gasteiger partial charge in [-0.2, -0.15) is 0 Å². The number of aliphatic hydroxyl groups is 1. The van der Waals surface area contributed by atoms with E-state index in [1.54, 1.807) is 6.07 Å². The van der Waals surface area contributed by atoms with Crippen LogP contribution in [0.4, 0.5) is 0 Å². The summed E-state index contributed by atoms with van der Waals surface area (Å²) >= 11 is 0. The molecule has 2 aliphatic carbocycles. The highest BCUT2D eigenvalue weighted by Crippen LogP contribution is 2.51. The lowest BCUT2D eigenvalue weighted by atomic mass is 9.58. The second-order valence-corrected chi connectivity index (χ2v) is 8.01. The molecule has 136 valence electrons. The molecule has 2 N–H and O–H groups in total. The summed E-state index contributed by atoms with van der Waals surface area (Å²) in [5.41, 5.74) is 4.22. The van der Waals surface area contributed by atoms with E-state index in [2.05, 4.69) is 30.3 Å². The van der Waals surface area contributed by atoms with Crippen molar-refractivity contribution in [1.82, 2.24) is 0 Å². The zero-order chi connectivity index (χ0) is 18.1. The van der Waals surface area contributed by atoms with Crippen LogP contribution in [-0.2, 0) is 18.3 Å². The zero-order valence-corrected chi connectivity index (χ0v) is 15.0. The van der Waals surface area contributed by atoms with Crippen LogP contribution in [0, 0.1) is 5.92 Å². The smallest absolute Gasteiger partial charge is 0.335 e. The van der Waals surface area contributed by atoms with Crippen molar-refractivity contribution in [1.29, 1.82) is 0 Å². The van der Waals surface area contributed by atoms with E-state index in [-0.39, 0.29) is 11.5 Å². The van der Waals surface area contributed by atoms with Crippen molar-refractivity contribution < 1.29 is 15.0 Å². The van der Waals surface area contributed by atoms with Gasteiger partial charge in [-0.3, -0.25) is 0 Å². The van der Waals surface area contributed by atoms with Gasteiger partial charge in [-0.25, -0.2) is 4.79 Å². The lowest BCUT2D eigenvalue weighted by Gasteiger charge is -2.46. The predicted molar refractivity (Wildman–Crippen MR) is 102 cm³/mol. The monoisotopic (exact) mass is 350 g/mol. The third-order valence-electron chi connectivity index (χ3n) is 6.51. The number of hydrogen-bond acceptors (Lipinski definition) is 2. The Morgan fingerprint density at radius 2 is 1.92 bits per heavy atom. The van der Waals surface area contributed by atoms with Gasteiger partial charge in [-0.05, 0) is 79.7 Å². The summed E-state index contributed by atoms with van der Waals surface area (Å²) in [6, 6.07) is 16.3. The summed E-state index contributed by atoms with van der Waals surface area (Å²) in [7, 11) is 0. The van der Waals surface area contributed by atoms with Crippen molar-refractivity contribution in [3.63, 3.8) is 0 Å². The molecule has 2 aromatic carbocycles. The fourth-order valence-electron chi connectivity index (χ4n) is 5.30. The second kappa shape index (κ2) is 6.88. The maximum Gasteiger partial charge on any atom is 0.335 e. The highest BCUT2D eigenvalue weighted by molar-refractivity contribution is 5.88. The fraction of sp³-hybridized carbons (Fsp3) is 0.435. The quantitative estimate of drug-likeness (QED) is 0.864. The van der Waals surface area contributed by atoms with Gasteiger partial charge in [0, 0.05) is 5.41 Å². The molecule has 2 aliphatic rings. The van der Waals surface area contributed by atoms with E-state index in [9.17, 15) is 15.0 Å². The molecule has 3 heteroatoms. The minimum Gasteiger partial charge on any atom is -0.478 e. The molecule has 0 aromatic heterocycles. The van der Waals surface area contributed by atoms with Crippen molar-refractivity contribution in [3.8, 4) is 0 Å². The third-order valence-corrected chi connectivity index (χ3v) is 6.51. The molecular weight excluding hydrogens is 324 g/mol. The van der Waals surface area contributed by atoms with Gasteiger partial charge in [0.1, 0.15) is 0 Å². The molecule has 0 saturated heterocycles. The van der Waals surface area contributed by atoms with Crippen LogP contribution >= 0.6 is 0 Å². The molecule has 1 saturated carbocycles. The predicted octanol–water partition coefficient (Wildman–Crippen LogP) is 4.36. The molecule has 0 spiro atoms. The minimum atomic E-state index is -0.857. The Hall–Kier alpha value is -2.13. The summed E-state index contributed by atoms with van der Waals surface area (Å²) < 4.78 is 0. The fourth-order valence-corrected chi connectivity index (χ4v) is 5.30. The van der Waals surface area contributed by atoms with Crippen molar-refractivity contribution in [2.75, 3.05) is 0 Å². The average molecular weight is 350 g/mol. The third kappa shape index (κ3) is 3.05. The number of hydrogen-bond donors (Lipinski definition) is 2. The molecular formula is C23H26O3. The van der Waals surface area contributed by atoms with Crippen LogP contribution in [0.15, 0.2) is 48.5 Å². The van der Waals surface area contributed by atoms with Crippen LogP contribution in [-0.4, -0.2) is 22.3 Å². The molecule has 4 rings (SSSR count). The highest BCUT2D eigenvalue weighted by Gasteiger charge is 2.46. The summed E-state index contributed by atoms with van der Waals surface area (Å²) in [6.45, 7) is 0. The first kappa shape index (κ1) is 17.3. The molecule has 2 aromatic rings. The SMILES string of the molecule is O=C(O)c1ccc2c(c1)CCC[C@H]1C[C@H](O)CC[C@@]21Cc1ccccc1. The van der Waals surface area contributed by atoms with E-state index in [1.165, 1.54) is 16.7 Å². The van der Waals surface area contributed by atoms with Gasteiger partial charge >= 0.3 is 5.97 Å². The second-order valence-electron chi connectivity index (χ2n) is 8.01. The summed E-state index contributed by atoms with van der Waals surface area (Å²) in [5, 5.41) is 19.7.